The molecule has 1 unspecified atom stereocenters. The molecule has 9 heteroatoms. The lowest BCUT2D eigenvalue weighted by Gasteiger charge is -2.20. The molecule has 7 nitrogen and oxygen atoms in total. The van der Waals surface area contributed by atoms with Crippen molar-refractivity contribution in [2.45, 2.75) is 33.2 Å². The van der Waals surface area contributed by atoms with E-state index in [1.54, 1.807) is 24.7 Å². The Hall–Kier alpha value is -3.03. The zero-order valence-corrected chi connectivity index (χ0v) is 20.4. The van der Waals surface area contributed by atoms with E-state index in [2.05, 4.69) is 10.6 Å². The lowest BCUT2D eigenvalue weighted by Crippen LogP contribution is -2.45. The second-order valence-electron chi connectivity index (χ2n) is 8.21. The molecule has 2 aromatic carbocycles. The molecule has 0 aliphatic carbocycles. The van der Waals surface area contributed by atoms with Crippen molar-refractivity contribution in [3.05, 3.63) is 80.2 Å². The summed E-state index contributed by atoms with van der Waals surface area (Å²) in [5.74, 6) is -0.864. The first-order chi connectivity index (χ1) is 15.6. The first kappa shape index (κ1) is 24.6. The first-order valence-corrected chi connectivity index (χ1v) is 11.3. The molecule has 0 saturated heterocycles. The van der Waals surface area contributed by atoms with Crippen LogP contribution in [-0.4, -0.2) is 27.2 Å². The summed E-state index contributed by atoms with van der Waals surface area (Å²) in [4.78, 5) is 39.1. The van der Waals surface area contributed by atoms with Gasteiger partial charge in [-0.15, -0.1) is 0 Å². The SMILES string of the molecule is Cc1c(NC(=O)C(CC(C)C)NC(=O)c2ccc(Cl)cc2Cl)c(=O)n(-c2ccccc2)n1C. The molecular weight excluding hydrogens is 463 g/mol. The maximum Gasteiger partial charge on any atom is 0.295 e. The average molecular weight is 489 g/mol. The molecule has 3 aromatic rings. The van der Waals surface area contributed by atoms with Crippen molar-refractivity contribution in [2.24, 2.45) is 13.0 Å². The van der Waals surface area contributed by atoms with Crippen LogP contribution in [0, 0.1) is 12.8 Å². The summed E-state index contributed by atoms with van der Waals surface area (Å²) in [5, 5.41) is 6.07. The number of anilines is 1. The summed E-state index contributed by atoms with van der Waals surface area (Å²) in [6.45, 7) is 5.63. The molecule has 2 amide bonds. The molecule has 0 radical (unpaired) electrons. The molecule has 1 heterocycles. The van der Waals surface area contributed by atoms with Crippen molar-refractivity contribution >= 4 is 40.7 Å². The first-order valence-electron chi connectivity index (χ1n) is 10.5. The van der Waals surface area contributed by atoms with E-state index in [0.29, 0.717) is 22.8 Å². The van der Waals surface area contributed by atoms with Gasteiger partial charge in [-0.25, -0.2) is 4.68 Å². The van der Waals surface area contributed by atoms with Gasteiger partial charge in [0, 0.05) is 12.1 Å². The predicted octanol–water partition coefficient (Wildman–Crippen LogP) is 4.57. The second-order valence-corrected chi connectivity index (χ2v) is 9.05. The van der Waals surface area contributed by atoms with Crippen molar-refractivity contribution in [3.8, 4) is 5.69 Å². The third-order valence-electron chi connectivity index (χ3n) is 5.31. The van der Waals surface area contributed by atoms with Crippen molar-refractivity contribution in [1.29, 1.82) is 0 Å². The molecular formula is C24H26Cl2N4O3. The van der Waals surface area contributed by atoms with Gasteiger partial charge in [0.05, 0.1) is 22.0 Å². The summed E-state index contributed by atoms with van der Waals surface area (Å²) in [5.41, 5.74) is 1.29. The van der Waals surface area contributed by atoms with Gasteiger partial charge in [-0.1, -0.05) is 55.2 Å². The van der Waals surface area contributed by atoms with Gasteiger partial charge < -0.3 is 10.6 Å². The van der Waals surface area contributed by atoms with Crippen LogP contribution in [0.4, 0.5) is 5.69 Å². The lowest BCUT2D eigenvalue weighted by atomic mass is 10.0. The third-order valence-corrected chi connectivity index (χ3v) is 5.85. The van der Waals surface area contributed by atoms with Gasteiger partial charge in [-0.2, -0.15) is 0 Å². The molecule has 33 heavy (non-hydrogen) atoms. The maximum absolute atomic E-state index is 13.2. The van der Waals surface area contributed by atoms with Crippen LogP contribution in [0.15, 0.2) is 53.3 Å². The van der Waals surface area contributed by atoms with Crippen LogP contribution in [0.5, 0.6) is 0 Å². The fourth-order valence-corrected chi connectivity index (χ4v) is 4.03. The van der Waals surface area contributed by atoms with E-state index < -0.39 is 17.9 Å². The number of hydrogen-bond acceptors (Lipinski definition) is 3. The normalized spacial score (nSPS) is 12.0. The summed E-state index contributed by atoms with van der Waals surface area (Å²) in [6, 6.07) is 12.8. The van der Waals surface area contributed by atoms with Gasteiger partial charge in [0.25, 0.3) is 11.5 Å². The van der Waals surface area contributed by atoms with E-state index in [0.717, 1.165) is 0 Å². The Morgan fingerprint density at radius 1 is 1.06 bits per heavy atom. The molecule has 0 spiro atoms. The minimum Gasteiger partial charge on any atom is -0.340 e. The molecule has 3 rings (SSSR count). The highest BCUT2D eigenvalue weighted by atomic mass is 35.5. The number of para-hydroxylation sites is 1. The second kappa shape index (κ2) is 10.3. The fraction of sp³-hybridized carbons (Fsp3) is 0.292. The van der Waals surface area contributed by atoms with E-state index in [1.807, 2.05) is 44.2 Å². The molecule has 0 bridgehead atoms. The number of nitrogens with one attached hydrogen (secondary N) is 2. The highest BCUT2D eigenvalue weighted by Crippen LogP contribution is 2.21. The van der Waals surface area contributed by atoms with Gasteiger partial charge in [-0.3, -0.25) is 19.1 Å². The highest BCUT2D eigenvalue weighted by molar-refractivity contribution is 6.36. The monoisotopic (exact) mass is 488 g/mol. The van der Waals surface area contributed by atoms with Gasteiger partial charge in [-0.05, 0) is 49.6 Å². The molecule has 0 saturated carbocycles. The summed E-state index contributed by atoms with van der Waals surface area (Å²) in [6.07, 6.45) is 0.377. The van der Waals surface area contributed by atoms with Crippen molar-refractivity contribution in [2.75, 3.05) is 5.32 Å². The zero-order chi connectivity index (χ0) is 24.3. The smallest absolute Gasteiger partial charge is 0.295 e. The lowest BCUT2D eigenvalue weighted by molar-refractivity contribution is -0.118. The van der Waals surface area contributed by atoms with Crippen LogP contribution >= 0.6 is 23.2 Å². The maximum atomic E-state index is 13.2. The van der Waals surface area contributed by atoms with Crippen LogP contribution in [0.1, 0.15) is 36.3 Å². The standard InChI is InChI=1S/C24H26Cl2N4O3/c1-14(2)12-20(27-22(31)18-11-10-16(25)13-19(18)26)23(32)28-21-15(3)29(4)30(24(21)33)17-8-6-5-7-9-17/h5-11,13-14,20H,12H2,1-4H3,(H,27,31)(H,28,32). The molecule has 0 aliphatic heterocycles. The van der Waals surface area contributed by atoms with E-state index in [-0.39, 0.29) is 27.8 Å². The largest absolute Gasteiger partial charge is 0.340 e. The number of nitrogens with zero attached hydrogens (tertiary/aromatic N) is 2. The van der Waals surface area contributed by atoms with Gasteiger partial charge >= 0.3 is 0 Å². The van der Waals surface area contributed by atoms with Gasteiger partial charge in [0.15, 0.2) is 0 Å². The summed E-state index contributed by atoms with van der Waals surface area (Å²) >= 11 is 12.1. The van der Waals surface area contributed by atoms with Crippen LogP contribution < -0.4 is 16.2 Å². The number of aromatic nitrogens is 2. The number of halogens is 2. The highest BCUT2D eigenvalue weighted by Gasteiger charge is 2.26. The molecule has 0 aliphatic rings. The number of benzene rings is 2. The predicted molar refractivity (Wildman–Crippen MR) is 132 cm³/mol. The average Bonchev–Trinajstić information content (AvgIpc) is 2.96. The molecule has 1 atom stereocenters. The molecule has 1 aromatic heterocycles. The summed E-state index contributed by atoms with van der Waals surface area (Å²) < 4.78 is 3.16. The van der Waals surface area contributed by atoms with E-state index in [9.17, 15) is 14.4 Å². The minimum absolute atomic E-state index is 0.111. The van der Waals surface area contributed by atoms with Gasteiger partial charge in [0.1, 0.15) is 11.7 Å². The Bertz CT molecular complexity index is 1230. The van der Waals surface area contributed by atoms with Crippen LogP contribution in [0.2, 0.25) is 10.0 Å². The number of hydrogen-bond donors (Lipinski definition) is 2. The van der Waals surface area contributed by atoms with Gasteiger partial charge in [0.2, 0.25) is 5.91 Å². The number of rotatable bonds is 7. The number of carbonyl (C=O) groups excluding carboxylic acids is 2. The Balaban J connectivity index is 1.88. The Morgan fingerprint density at radius 2 is 1.73 bits per heavy atom. The van der Waals surface area contributed by atoms with Crippen LogP contribution in [-0.2, 0) is 11.8 Å². The molecule has 0 fully saturated rings. The van der Waals surface area contributed by atoms with Crippen LogP contribution in [0.3, 0.4) is 0 Å². The van der Waals surface area contributed by atoms with Crippen LogP contribution in [0.25, 0.3) is 5.69 Å². The summed E-state index contributed by atoms with van der Waals surface area (Å²) in [7, 11) is 1.75. The van der Waals surface area contributed by atoms with E-state index in [1.165, 1.54) is 16.8 Å². The Labute approximate surface area is 202 Å². The Morgan fingerprint density at radius 3 is 2.33 bits per heavy atom. The fourth-order valence-electron chi connectivity index (χ4n) is 3.54. The zero-order valence-electron chi connectivity index (χ0n) is 18.9. The third kappa shape index (κ3) is 5.49. The quantitative estimate of drug-likeness (QED) is 0.510. The number of amides is 2. The Kier molecular flexibility index (Phi) is 7.66. The molecule has 2 N–H and O–H groups in total. The van der Waals surface area contributed by atoms with Crippen molar-refractivity contribution in [3.63, 3.8) is 0 Å². The van der Waals surface area contributed by atoms with E-state index in [4.69, 9.17) is 23.2 Å². The van der Waals surface area contributed by atoms with E-state index >= 15 is 0 Å². The number of carbonyl (C=O) groups is 2. The topological polar surface area (TPSA) is 85.1 Å². The van der Waals surface area contributed by atoms with Crippen molar-refractivity contribution < 1.29 is 9.59 Å². The van der Waals surface area contributed by atoms with Crippen molar-refractivity contribution in [1.82, 2.24) is 14.7 Å². The molecule has 174 valence electrons. The minimum atomic E-state index is -0.867.